The first-order chi connectivity index (χ1) is 8.39. The molecule has 0 spiro atoms. The zero-order chi connectivity index (χ0) is 13.3. The van der Waals surface area contributed by atoms with E-state index in [1.54, 1.807) is 0 Å². The lowest BCUT2D eigenvalue weighted by Gasteiger charge is -2.03. The first-order valence-corrected chi connectivity index (χ1v) is 4.55. The van der Waals surface area contributed by atoms with E-state index in [-0.39, 0.29) is 11.4 Å². The Morgan fingerprint density at radius 1 is 1.33 bits per heavy atom. The SMILES string of the molecule is O=C(O)c1cncnc1-n1cc(C(F)(F)F)cn1. The highest BCUT2D eigenvalue weighted by molar-refractivity contribution is 5.90. The van der Waals surface area contributed by atoms with Gasteiger partial charge in [0.05, 0.1) is 11.8 Å². The zero-order valence-electron chi connectivity index (χ0n) is 8.59. The zero-order valence-corrected chi connectivity index (χ0v) is 8.59. The highest BCUT2D eigenvalue weighted by atomic mass is 19.4. The topological polar surface area (TPSA) is 80.9 Å². The molecule has 2 rings (SSSR count). The fraction of sp³-hybridized carbons (Fsp3) is 0.111. The molecule has 0 radical (unpaired) electrons. The van der Waals surface area contributed by atoms with Gasteiger partial charge in [0.15, 0.2) is 5.82 Å². The van der Waals surface area contributed by atoms with E-state index in [1.807, 2.05) is 0 Å². The fourth-order valence-electron chi connectivity index (χ4n) is 1.24. The monoisotopic (exact) mass is 258 g/mol. The first kappa shape index (κ1) is 12.0. The van der Waals surface area contributed by atoms with Crippen molar-refractivity contribution in [1.82, 2.24) is 19.7 Å². The average Bonchev–Trinajstić information content (AvgIpc) is 2.77. The minimum atomic E-state index is -4.55. The van der Waals surface area contributed by atoms with Crippen molar-refractivity contribution in [2.75, 3.05) is 0 Å². The maximum atomic E-state index is 12.4. The van der Waals surface area contributed by atoms with Crippen LogP contribution in [0.3, 0.4) is 0 Å². The maximum absolute atomic E-state index is 12.4. The minimum absolute atomic E-state index is 0.229. The van der Waals surface area contributed by atoms with Gasteiger partial charge in [-0.3, -0.25) is 0 Å². The summed E-state index contributed by atoms with van der Waals surface area (Å²) in [5.74, 6) is -1.58. The number of carbonyl (C=O) groups is 1. The lowest BCUT2D eigenvalue weighted by molar-refractivity contribution is -0.137. The lowest BCUT2D eigenvalue weighted by atomic mass is 10.3. The van der Waals surface area contributed by atoms with E-state index in [2.05, 4.69) is 15.1 Å². The molecule has 0 aromatic carbocycles. The molecule has 0 aliphatic rings. The molecule has 94 valence electrons. The van der Waals surface area contributed by atoms with Crippen molar-refractivity contribution in [3.05, 3.63) is 36.0 Å². The Morgan fingerprint density at radius 2 is 2.06 bits per heavy atom. The van der Waals surface area contributed by atoms with E-state index in [1.165, 1.54) is 0 Å². The summed E-state index contributed by atoms with van der Waals surface area (Å²) >= 11 is 0. The molecule has 18 heavy (non-hydrogen) atoms. The molecule has 6 nitrogen and oxygen atoms in total. The lowest BCUT2D eigenvalue weighted by Crippen LogP contribution is -2.09. The molecule has 0 atom stereocenters. The van der Waals surface area contributed by atoms with Gasteiger partial charge in [-0.05, 0) is 0 Å². The molecule has 1 N–H and O–H groups in total. The average molecular weight is 258 g/mol. The number of aromatic nitrogens is 4. The van der Waals surface area contributed by atoms with Crippen LogP contribution in [-0.2, 0) is 6.18 Å². The van der Waals surface area contributed by atoms with Crippen LogP contribution in [0.4, 0.5) is 13.2 Å². The predicted molar refractivity (Wildman–Crippen MR) is 51.1 cm³/mol. The van der Waals surface area contributed by atoms with Gasteiger partial charge < -0.3 is 5.11 Å². The van der Waals surface area contributed by atoms with Crippen molar-refractivity contribution in [2.45, 2.75) is 6.18 Å². The van der Waals surface area contributed by atoms with Crippen molar-refractivity contribution < 1.29 is 23.1 Å². The standard InChI is InChI=1S/C9H5F3N4O2/c10-9(11,12)5-1-15-16(3-5)7-6(8(17)18)2-13-4-14-7/h1-4H,(H,17,18). The minimum Gasteiger partial charge on any atom is -0.477 e. The van der Waals surface area contributed by atoms with Gasteiger partial charge in [0.1, 0.15) is 11.9 Å². The van der Waals surface area contributed by atoms with Gasteiger partial charge >= 0.3 is 12.1 Å². The quantitative estimate of drug-likeness (QED) is 0.880. The summed E-state index contributed by atoms with van der Waals surface area (Å²) < 4.78 is 37.9. The van der Waals surface area contributed by atoms with Crippen molar-refractivity contribution in [2.24, 2.45) is 0 Å². The third-order valence-electron chi connectivity index (χ3n) is 2.05. The summed E-state index contributed by atoms with van der Waals surface area (Å²) in [6, 6.07) is 0. The number of carboxylic acids is 1. The van der Waals surface area contributed by atoms with Crippen LogP contribution >= 0.6 is 0 Å². The van der Waals surface area contributed by atoms with Crippen molar-refractivity contribution in [1.29, 1.82) is 0 Å². The Bertz CT molecular complexity index is 593. The molecular weight excluding hydrogens is 253 g/mol. The molecule has 0 fully saturated rings. The molecule has 0 saturated carbocycles. The molecule has 0 saturated heterocycles. The number of halogens is 3. The Labute approximate surface area is 97.7 Å². The molecule has 0 aliphatic heterocycles. The van der Waals surface area contributed by atoms with Crippen LogP contribution in [0.2, 0.25) is 0 Å². The summed E-state index contributed by atoms with van der Waals surface area (Å²) in [6.45, 7) is 0. The second kappa shape index (κ2) is 4.09. The highest BCUT2D eigenvalue weighted by Crippen LogP contribution is 2.29. The summed E-state index contributed by atoms with van der Waals surface area (Å²) in [5, 5.41) is 12.3. The number of aromatic carboxylic acids is 1. The third kappa shape index (κ3) is 2.14. The summed E-state index contributed by atoms with van der Waals surface area (Å²) in [5.41, 5.74) is -1.33. The van der Waals surface area contributed by atoms with Gasteiger partial charge in [0.2, 0.25) is 0 Å². The largest absolute Gasteiger partial charge is 0.477 e. The van der Waals surface area contributed by atoms with E-state index >= 15 is 0 Å². The van der Waals surface area contributed by atoms with Crippen molar-refractivity contribution >= 4 is 5.97 Å². The van der Waals surface area contributed by atoms with Crippen LogP contribution in [0, 0.1) is 0 Å². The maximum Gasteiger partial charge on any atom is 0.419 e. The van der Waals surface area contributed by atoms with E-state index in [9.17, 15) is 18.0 Å². The number of nitrogens with zero attached hydrogens (tertiary/aromatic N) is 4. The predicted octanol–water partition coefficient (Wildman–Crippen LogP) is 1.38. The molecule has 2 aromatic rings. The molecule has 0 amide bonds. The van der Waals surface area contributed by atoms with Gasteiger partial charge in [-0.25, -0.2) is 19.4 Å². The van der Waals surface area contributed by atoms with Crippen LogP contribution in [0.25, 0.3) is 5.82 Å². The molecule has 0 aliphatic carbocycles. The molecule has 2 aromatic heterocycles. The van der Waals surface area contributed by atoms with Gasteiger partial charge in [-0.15, -0.1) is 0 Å². The second-order valence-corrected chi connectivity index (χ2v) is 3.24. The van der Waals surface area contributed by atoms with Crippen LogP contribution in [0.15, 0.2) is 24.9 Å². The Balaban J connectivity index is 2.50. The Morgan fingerprint density at radius 3 is 2.61 bits per heavy atom. The van der Waals surface area contributed by atoms with E-state index in [0.29, 0.717) is 12.4 Å². The molecular formula is C9H5F3N4O2. The summed E-state index contributed by atoms with van der Waals surface area (Å²) in [4.78, 5) is 18.0. The Hall–Kier alpha value is -2.45. The number of rotatable bonds is 2. The Kier molecular flexibility index (Phi) is 2.73. The smallest absolute Gasteiger partial charge is 0.419 e. The first-order valence-electron chi connectivity index (χ1n) is 4.55. The van der Waals surface area contributed by atoms with Crippen LogP contribution in [0.5, 0.6) is 0 Å². The van der Waals surface area contributed by atoms with Crippen molar-refractivity contribution in [3.8, 4) is 5.82 Å². The third-order valence-corrected chi connectivity index (χ3v) is 2.05. The van der Waals surface area contributed by atoms with E-state index < -0.39 is 17.7 Å². The van der Waals surface area contributed by atoms with Gasteiger partial charge in [0, 0.05) is 12.4 Å². The number of hydrogen-bond acceptors (Lipinski definition) is 4. The van der Waals surface area contributed by atoms with Gasteiger partial charge in [-0.2, -0.15) is 18.3 Å². The van der Waals surface area contributed by atoms with Crippen LogP contribution < -0.4 is 0 Å². The molecule has 9 heteroatoms. The number of alkyl halides is 3. The van der Waals surface area contributed by atoms with Crippen molar-refractivity contribution in [3.63, 3.8) is 0 Å². The van der Waals surface area contributed by atoms with Crippen LogP contribution in [0.1, 0.15) is 15.9 Å². The second-order valence-electron chi connectivity index (χ2n) is 3.24. The van der Waals surface area contributed by atoms with Crippen LogP contribution in [-0.4, -0.2) is 30.8 Å². The summed E-state index contributed by atoms with van der Waals surface area (Å²) in [6.07, 6.45) is -1.28. The molecule has 0 unspecified atom stereocenters. The number of carboxylic acid groups (broad SMARTS) is 1. The highest BCUT2D eigenvalue weighted by Gasteiger charge is 2.32. The summed E-state index contributed by atoms with van der Waals surface area (Å²) in [7, 11) is 0. The normalized spacial score (nSPS) is 11.5. The van der Waals surface area contributed by atoms with Gasteiger partial charge in [0.25, 0.3) is 0 Å². The molecule has 2 heterocycles. The fourth-order valence-corrected chi connectivity index (χ4v) is 1.24. The molecule has 0 bridgehead atoms. The van der Waals surface area contributed by atoms with E-state index in [0.717, 1.165) is 17.2 Å². The van der Waals surface area contributed by atoms with Gasteiger partial charge in [-0.1, -0.05) is 0 Å². The number of hydrogen-bond donors (Lipinski definition) is 1. The van der Waals surface area contributed by atoms with E-state index in [4.69, 9.17) is 5.11 Å².